The number of nitrogens with zero attached hydrogens (tertiary/aromatic N) is 5. The van der Waals surface area contributed by atoms with Gasteiger partial charge in [0.15, 0.2) is 0 Å². The van der Waals surface area contributed by atoms with Gasteiger partial charge < -0.3 is 9.47 Å². The molecule has 3 aromatic rings. The molecular formula is C20H23N7O4. The summed E-state index contributed by atoms with van der Waals surface area (Å²) in [5.74, 6) is 0.756. The van der Waals surface area contributed by atoms with Crippen molar-refractivity contribution in [2.24, 2.45) is 5.10 Å². The molecule has 0 saturated carbocycles. The fourth-order valence-electron chi connectivity index (χ4n) is 2.68. The van der Waals surface area contributed by atoms with Crippen LogP contribution in [-0.4, -0.2) is 50.3 Å². The van der Waals surface area contributed by atoms with Crippen LogP contribution in [0.4, 0.5) is 0 Å². The largest absolute Gasteiger partial charge is 0.494 e. The number of carbonyl (C=O) groups excluding carboxylic acids is 1. The third-order valence-corrected chi connectivity index (χ3v) is 4.08. The van der Waals surface area contributed by atoms with E-state index < -0.39 is 11.5 Å². The minimum atomic E-state index is -0.538. The molecule has 0 aliphatic rings. The van der Waals surface area contributed by atoms with Gasteiger partial charge in [0.05, 0.1) is 25.1 Å². The number of aromatic nitrogens is 5. The molecule has 1 amide bonds. The Balaban J connectivity index is 1.81. The molecule has 11 heteroatoms. The van der Waals surface area contributed by atoms with Gasteiger partial charge in [-0.15, -0.1) is 10.2 Å². The van der Waals surface area contributed by atoms with E-state index in [1.165, 1.54) is 17.8 Å². The summed E-state index contributed by atoms with van der Waals surface area (Å²) >= 11 is 0. The quantitative estimate of drug-likeness (QED) is 0.412. The minimum absolute atomic E-state index is 0.0305. The van der Waals surface area contributed by atoms with Crippen LogP contribution in [0.3, 0.4) is 0 Å². The fraction of sp³-hybridized carbons (Fsp3) is 0.300. The van der Waals surface area contributed by atoms with Gasteiger partial charge in [0, 0.05) is 11.6 Å². The van der Waals surface area contributed by atoms with Gasteiger partial charge in [-0.1, -0.05) is 0 Å². The summed E-state index contributed by atoms with van der Waals surface area (Å²) in [6.45, 7) is 8.03. The average Bonchev–Trinajstić information content (AvgIpc) is 3.14. The number of rotatable bonds is 8. The first kappa shape index (κ1) is 21.7. The maximum atomic E-state index is 12.7. The number of aromatic amines is 1. The second-order valence-electron chi connectivity index (χ2n) is 6.41. The van der Waals surface area contributed by atoms with Crippen LogP contribution < -0.4 is 20.5 Å². The zero-order valence-electron chi connectivity index (χ0n) is 17.7. The zero-order valence-corrected chi connectivity index (χ0v) is 17.7. The lowest BCUT2D eigenvalue weighted by molar-refractivity contribution is 0.0947. The first-order chi connectivity index (χ1) is 14.9. The molecule has 0 aliphatic carbocycles. The summed E-state index contributed by atoms with van der Waals surface area (Å²) in [5.41, 5.74) is 3.61. The van der Waals surface area contributed by atoms with Gasteiger partial charge in [-0.2, -0.15) is 14.9 Å². The van der Waals surface area contributed by atoms with Gasteiger partial charge in [0.1, 0.15) is 22.9 Å². The van der Waals surface area contributed by atoms with Crippen molar-refractivity contribution in [2.75, 3.05) is 13.2 Å². The second-order valence-corrected chi connectivity index (χ2v) is 6.41. The van der Waals surface area contributed by atoms with Crippen LogP contribution in [0.5, 0.6) is 11.5 Å². The number of aryl methyl sites for hydroxylation is 2. The molecule has 0 fully saturated rings. The van der Waals surface area contributed by atoms with Crippen LogP contribution in [0.15, 0.2) is 34.2 Å². The summed E-state index contributed by atoms with van der Waals surface area (Å²) in [6, 6.07) is 6.89. The van der Waals surface area contributed by atoms with E-state index in [-0.39, 0.29) is 17.3 Å². The molecule has 0 radical (unpaired) electrons. The number of hydrazone groups is 1. The van der Waals surface area contributed by atoms with Gasteiger partial charge in [0.25, 0.3) is 17.4 Å². The van der Waals surface area contributed by atoms with Crippen molar-refractivity contribution in [2.45, 2.75) is 27.7 Å². The smallest absolute Gasteiger partial charge is 0.290 e. The number of nitrogens with one attached hydrogen (secondary N) is 2. The van der Waals surface area contributed by atoms with E-state index in [0.29, 0.717) is 36.0 Å². The van der Waals surface area contributed by atoms with Gasteiger partial charge in [-0.3, -0.25) is 14.6 Å². The molecule has 0 bridgehead atoms. The van der Waals surface area contributed by atoms with Crippen LogP contribution >= 0.6 is 0 Å². The molecule has 2 N–H and O–H groups in total. The first-order valence-electron chi connectivity index (χ1n) is 9.66. The number of benzene rings is 1. The Kier molecular flexibility index (Phi) is 6.75. The van der Waals surface area contributed by atoms with Crippen LogP contribution in [0.1, 0.15) is 41.3 Å². The molecule has 0 spiro atoms. The summed E-state index contributed by atoms with van der Waals surface area (Å²) in [5, 5.41) is 15.9. The van der Waals surface area contributed by atoms with Crippen LogP contribution in [0.25, 0.3) is 5.95 Å². The van der Waals surface area contributed by atoms with Crippen LogP contribution in [0.2, 0.25) is 0 Å². The molecule has 2 aromatic heterocycles. The second kappa shape index (κ2) is 9.65. The summed E-state index contributed by atoms with van der Waals surface area (Å²) in [6.07, 6.45) is 1.47. The van der Waals surface area contributed by atoms with Crippen molar-refractivity contribution >= 4 is 12.1 Å². The normalized spacial score (nSPS) is 11.0. The van der Waals surface area contributed by atoms with E-state index in [1.807, 2.05) is 13.8 Å². The number of hydrogen-bond donors (Lipinski definition) is 2. The van der Waals surface area contributed by atoms with E-state index in [0.717, 1.165) is 0 Å². The van der Waals surface area contributed by atoms with Gasteiger partial charge in [-0.05, 0) is 45.9 Å². The lowest BCUT2D eigenvalue weighted by Gasteiger charge is -2.10. The van der Waals surface area contributed by atoms with E-state index in [4.69, 9.17) is 9.47 Å². The minimum Gasteiger partial charge on any atom is -0.494 e. The highest BCUT2D eigenvalue weighted by molar-refractivity contribution is 5.94. The summed E-state index contributed by atoms with van der Waals surface area (Å²) < 4.78 is 12.3. The molecule has 3 rings (SSSR count). The Bertz CT molecular complexity index is 1170. The van der Waals surface area contributed by atoms with Crippen molar-refractivity contribution in [3.8, 4) is 17.4 Å². The lowest BCUT2D eigenvalue weighted by atomic mass is 10.2. The predicted octanol–water partition coefficient (Wildman–Crippen LogP) is 1.53. The standard InChI is InChI=1S/C20H23N7O4/c1-5-30-15-8-7-14(17(10-15)31-6-2)11-21-24-19(29)16-9-12(3)26-27(16)20-22-18(28)13(4)23-25-20/h7-11H,5-6H2,1-4H3,(H,24,29)(H,22,25,28)/b21-11-. The Morgan fingerprint density at radius 1 is 1.19 bits per heavy atom. The Morgan fingerprint density at radius 2 is 1.97 bits per heavy atom. The SMILES string of the molecule is CCOc1ccc(/C=N\NC(=O)c2cc(C)nn2-c2nnc(C)c(=O)[nH]2)c(OCC)c1. The number of carbonyl (C=O) groups is 1. The fourth-order valence-corrected chi connectivity index (χ4v) is 2.68. The van der Waals surface area contributed by atoms with Crippen LogP contribution in [-0.2, 0) is 0 Å². The molecule has 162 valence electrons. The Labute approximate surface area is 178 Å². The maximum absolute atomic E-state index is 12.7. The van der Waals surface area contributed by atoms with E-state index in [9.17, 15) is 9.59 Å². The number of ether oxygens (including phenoxy) is 2. The number of H-pyrrole nitrogens is 1. The van der Waals surface area contributed by atoms with E-state index in [2.05, 4.69) is 30.8 Å². The molecule has 11 nitrogen and oxygen atoms in total. The third-order valence-electron chi connectivity index (χ3n) is 4.08. The predicted molar refractivity (Wildman–Crippen MR) is 113 cm³/mol. The zero-order chi connectivity index (χ0) is 22.4. The topological polar surface area (TPSA) is 136 Å². The number of amides is 1. The molecule has 0 unspecified atom stereocenters. The monoisotopic (exact) mass is 425 g/mol. The summed E-state index contributed by atoms with van der Waals surface area (Å²) in [7, 11) is 0. The van der Waals surface area contributed by atoms with Gasteiger partial charge in [0.2, 0.25) is 0 Å². The Hall–Kier alpha value is -4.02. The lowest BCUT2D eigenvalue weighted by Crippen LogP contribution is -2.24. The van der Waals surface area contributed by atoms with Gasteiger partial charge >= 0.3 is 0 Å². The van der Waals surface area contributed by atoms with Gasteiger partial charge in [-0.25, -0.2) is 5.43 Å². The highest BCUT2D eigenvalue weighted by Gasteiger charge is 2.17. The van der Waals surface area contributed by atoms with Crippen molar-refractivity contribution in [1.29, 1.82) is 0 Å². The molecule has 31 heavy (non-hydrogen) atoms. The Morgan fingerprint density at radius 3 is 2.68 bits per heavy atom. The van der Waals surface area contributed by atoms with Crippen molar-refractivity contribution < 1.29 is 14.3 Å². The molecular weight excluding hydrogens is 402 g/mol. The molecule has 0 aliphatic heterocycles. The average molecular weight is 425 g/mol. The molecule has 0 saturated heterocycles. The molecule has 2 heterocycles. The highest BCUT2D eigenvalue weighted by Crippen LogP contribution is 2.24. The maximum Gasteiger partial charge on any atom is 0.290 e. The van der Waals surface area contributed by atoms with E-state index in [1.54, 1.807) is 31.2 Å². The van der Waals surface area contributed by atoms with Crippen molar-refractivity contribution in [1.82, 2.24) is 30.4 Å². The van der Waals surface area contributed by atoms with Crippen LogP contribution in [0, 0.1) is 13.8 Å². The van der Waals surface area contributed by atoms with Crippen molar-refractivity contribution in [3.05, 3.63) is 57.3 Å². The van der Waals surface area contributed by atoms with E-state index >= 15 is 0 Å². The first-order valence-corrected chi connectivity index (χ1v) is 9.66. The molecule has 0 atom stereocenters. The number of hydrogen-bond acceptors (Lipinski definition) is 8. The highest BCUT2D eigenvalue weighted by atomic mass is 16.5. The molecule has 1 aromatic carbocycles. The third kappa shape index (κ3) is 5.13. The summed E-state index contributed by atoms with van der Waals surface area (Å²) in [4.78, 5) is 27.0. The van der Waals surface area contributed by atoms with Crippen molar-refractivity contribution in [3.63, 3.8) is 0 Å².